The van der Waals surface area contributed by atoms with Crippen LogP contribution in [-0.2, 0) is 13.6 Å². The minimum Gasteiger partial charge on any atom is -0.334 e. The van der Waals surface area contributed by atoms with E-state index in [2.05, 4.69) is 4.98 Å². The van der Waals surface area contributed by atoms with Crippen LogP contribution in [0.1, 0.15) is 15.9 Å². The Balaban J connectivity index is 1.85. The normalized spacial score (nSPS) is 13.5. The van der Waals surface area contributed by atoms with E-state index in [1.54, 1.807) is 23.4 Å². The molecule has 2 heterocycles. The van der Waals surface area contributed by atoms with Crippen LogP contribution in [0.15, 0.2) is 54.9 Å². The van der Waals surface area contributed by atoms with Gasteiger partial charge in [-0.05, 0) is 29.8 Å². The second-order valence-corrected chi connectivity index (χ2v) is 5.57. The zero-order valence-electron chi connectivity index (χ0n) is 12.5. The number of carbonyl (C=O) groups excluding carboxylic acids is 1. The molecule has 1 amide bonds. The first-order valence-corrected chi connectivity index (χ1v) is 7.32. The quantitative estimate of drug-likeness (QED) is 0.728. The Morgan fingerprint density at radius 2 is 1.96 bits per heavy atom. The lowest BCUT2D eigenvalue weighted by molar-refractivity contribution is 0.0996. The maximum Gasteiger partial charge on any atom is 0.258 e. The summed E-state index contributed by atoms with van der Waals surface area (Å²) >= 11 is 0. The number of imidazole rings is 1. The predicted molar refractivity (Wildman–Crippen MR) is 85.6 cm³/mol. The van der Waals surface area contributed by atoms with Crippen molar-refractivity contribution in [2.24, 2.45) is 7.05 Å². The van der Waals surface area contributed by atoms with Crippen LogP contribution in [0.2, 0.25) is 0 Å². The number of benzene rings is 2. The fraction of sp³-hybridized carbons (Fsp3) is 0.111. The van der Waals surface area contributed by atoms with Crippen molar-refractivity contribution >= 4 is 11.6 Å². The molecule has 4 rings (SSSR count). The van der Waals surface area contributed by atoms with Gasteiger partial charge in [0.05, 0.1) is 12.2 Å². The number of halogens is 1. The summed E-state index contributed by atoms with van der Waals surface area (Å²) in [6.07, 6.45) is 3.45. The molecule has 0 atom stereocenters. The molecule has 0 saturated carbocycles. The Labute approximate surface area is 132 Å². The number of aromatic nitrogens is 2. The standard InChI is InChI=1S/C18H14FN3O/c1-21-9-8-20-17(21)15-10-13(19)6-7-16(15)22-11-12-4-2-3-5-14(12)18(22)23/h2-10H,11H2,1H3. The zero-order chi connectivity index (χ0) is 16.0. The fourth-order valence-corrected chi connectivity index (χ4v) is 3.00. The number of rotatable bonds is 2. The SMILES string of the molecule is Cn1ccnc1-c1cc(F)ccc1N1Cc2ccccc2C1=O. The Hall–Kier alpha value is -2.95. The molecule has 5 heteroatoms. The summed E-state index contributed by atoms with van der Waals surface area (Å²) in [5.41, 5.74) is 2.95. The van der Waals surface area contributed by atoms with Gasteiger partial charge >= 0.3 is 0 Å². The molecule has 1 aromatic heterocycles. The van der Waals surface area contributed by atoms with Crippen molar-refractivity contribution in [3.05, 3.63) is 71.8 Å². The average Bonchev–Trinajstić information content (AvgIpc) is 3.12. The molecule has 114 valence electrons. The van der Waals surface area contributed by atoms with Gasteiger partial charge in [0, 0.05) is 30.6 Å². The lowest BCUT2D eigenvalue weighted by atomic mass is 10.1. The third-order valence-electron chi connectivity index (χ3n) is 4.13. The molecule has 0 fully saturated rings. The van der Waals surface area contributed by atoms with Crippen LogP contribution in [0, 0.1) is 5.82 Å². The van der Waals surface area contributed by atoms with Crippen LogP contribution in [0.5, 0.6) is 0 Å². The van der Waals surface area contributed by atoms with Crippen molar-refractivity contribution < 1.29 is 9.18 Å². The van der Waals surface area contributed by atoms with Crippen LogP contribution in [0.4, 0.5) is 10.1 Å². The summed E-state index contributed by atoms with van der Waals surface area (Å²) in [6, 6.07) is 12.0. The first-order chi connectivity index (χ1) is 11.1. The third-order valence-corrected chi connectivity index (χ3v) is 4.13. The van der Waals surface area contributed by atoms with Gasteiger partial charge < -0.3 is 9.47 Å². The first-order valence-electron chi connectivity index (χ1n) is 7.32. The molecule has 0 aliphatic carbocycles. The van der Waals surface area contributed by atoms with Crippen molar-refractivity contribution in [1.29, 1.82) is 0 Å². The van der Waals surface area contributed by atoms with E-state index in [4.69, 9.17) is 0 Å². The Morgan fingerprint density at radius 1 is 1.13 bits per heavy atom. The van der Waals surface area contributed by atoms with E-state index in [0.717, 1.165) is 5.56 Å². The summed E-state index contributed by atoms with van der Waals surface area (Å²) in [5, 5.41) is 0. The number of hydrogen-bond acceptors (Lipinski definition) is 2. The van der Waals surface area contributed by atoms with Crippen LogP contribution in [-0.4, -0.2) is 15.5 Å². The predicted octanol–water partition coefficient (Wildman–Crippen LogP) is 3.39. The number of amides is 1. The van der Waals surface area contributed by atoms with Crippen LogP contribution >= 0.6 is 0 Å². The molecule has 0 spiro atoms. The van der Waals surface area contributed by atoms with E-state index in [-0.39, 0.29) is 11.7 Å². The van der Waals surface area contributed by atoms with E-state index < -0.39 is 0 Å². The lowest BCUT2D eigenvalue weighted by Crippen LogP contribution is -2.24. The number of aryl methyl sites for hydroxylation is 1. The van der Waals surface area contributed by atoms with Crippen LogP contribution in [0.25, 0.3) is 11.4 Å². The van der Waals surface area contributed by atoms with Gasteiger partial charge in [-0.3, -0.25) is 4.79 Å². The molecule has 0 bridgehead atoms. The van der Waals surface area contributed by atoms with Crippen molar-refractivity contribution in [1.82, 2.24) is 9.55 Å². The molecule has 0 saturated heterocycles. The maximum atomic E-state index is 13.8. The molecular weight excluding hydrogens is 293 g/mol. The van der Waals surface area contributed by atoms with Crippen molar-refractivity contribution in [2.45, 2.75) is 6.54 Å². The highest BCUT2D eigenvalue weighted by Gasteiger charge is 2.30. The largest absolute Gasteiger partial charge is 0.334 e. The van der Waals surface area contributed by atoms with E-state index in [0.29, 0.717) is 29.2 Å². The second kappa shape index (κ2) is 5.05. The maximum absolute atomic E-state index is 13.8. The van der Waals surface area contributed by atoms with Gasteiger partial charge in [0.2, 0.25) is 0 Å². The smallest absolute Gasteiger partial charge is 0.258 e. The molecule has 1 aliphatic rings. The highest BCUT2D eigenvalue weighted by Crippen LogP contribution is 2.35. The summed E-state index contributed by atoms with van der Waals surface area (Å²) in [4.78, 5) is 18.7. The number of fused-ring (bicyclic) bond motifs is 1. The molecule has 0 N–H and O–H groups in total. The average molecular weight is 307 g/mol. The van der Waals surface area contributed by atoms with Gasteiger partial charge in [-0.25, -0.2) is 9.37 Å². The topological polar surface area (TPSA) is 38.1 Å². The molecule has 23 heavy (non-hydrogen) atoms. The molecule has 0 unspecified atom stereocenters. The highest BCUT2D eigenvalue weighted by atomic mass is 19.1. The molecule has 1 aliphatic heterocycles. The number of hydrogen-bond donors (Lipinski definition) is 0. The Kier molecular flexibility index (Phi) is 3.01. The van der Waals surface area contributed by atoms with Crippen molar-refractivity contribution in [3.8, 4) is 11.4 Å². The summed E-state index contributed by atoms with van der Waals surface area (Å²) in [6.45, 7) is 0.484. The monoisotopic (exact) mass is 307 g/mol. The summed E-state index contributed by atoms with van der Waals surface area (Å²) < 4.78 is 15.6. The minimum atomic E-state index is -0.351. The van der Waals surface area contributed by atoms with Crippen LogP contribution < -0.4 is 4.90 Å². The molecule has 0 radical (unpaired) electrons. The number of nitrogens with zero attached hydrogens (tertiary/aromatic N) is 3. The summed E-state index contributed by atoms with van der Waals surface area (Å²) in [5.74, 6) is 0.210. The molecule has 2 aromatic carbocycles. The fourth-order valence-electron chi connectivity index (χ4n) is 3.00. The van der Waals surface area contributed by atoms with Gasteiger partial charge in [-0.2, -0.15) is 0 Å². The third kappa shape index (κ3) is 2.12. The zero-order valence-corrected chi connectivity index (χ0v) is 12.5. The Morgan fingerprint density at radius 3 is 2.70 bits per heavy atom. The second-order valence-electron chi connectivity index (χ2n) is 5.57. The van der Waals surface area contributed by atoms with E-state index in [9.17, 15) is 9.18 Å². The van der Waals surface area contributed by atoms with Crippen LogP contribution in [0.3, 0.4) is 0 Å². The Bertz CT molecular complexity index is 916. The van der Waals surface area contributed by atoms with Gasteiger partial charge in [-0.15, -0.1) is 0 Å². The van der Waals surface area contributed by atoms with E-state index in [1.165, 1.54) is 12.1 Å². The van der Waals surface area contributed by atoms with Crippen molar-refractivity contribution in [2.75, 3.05) is 4.90 Å². The van der Waals surface area contributed by atoms with E-state index in [1.807, 2.05) is 35.9 Å². The molecular formula is C18H14FN3O. The van der Waals surface area contributed by atoms with Gasteiger partial charge in [0.1, 0.15) is 11.6 Å². The molecule has 4 nitrogen and oxygen atoms in total. The minimum absolute atomic E-state index is 0.0670. The van der Waals surface area contributed by atoms with Gasteiger partial charge in [0.15, 0.2) is 0 Å². The number of carbonyl (C=O) groups is 1. The van der Waals surface area contributed by atoms with Gasteiger partial charge in [0.25, 0.3) is 5.91 Å². The number of anilines is 1. The van der Waals surface area contributed by atoms with E-state index >= 15 is 0 Å². The van der Waals surface area contributed by atoms with Crippen molar-refractivity contribution in [3.63, 3.8) is 0 Å². The molecule has 3 aromatic rings. The van der Waals surface area contributed by atoms with Gasteiger partial charge in [-0.1, -0.05) is 18.2 Å². The lowest BCUT2D eigenvalue weighted by Gasteiger charge is -2.19. The highest BCUT2D eigenvalue weighted by molar-refractivity contribution is 6.11. The first kappa shape index (κ1) is 13.7. The summed E-state index contributed by atoms with van der Waals surface area (Å²) in [7, 11) is 1.84.